The van der Waals surface area contributed by atoms with E-state index in [1.165, 1.54) is 0 Å². The number of carbonyl (C=O) groups is 1. The molecule has 0 aliphatic rings. The summed E-state index contributed by atoms with van der Waals surface area (Å²) >= 11 is 1.13. The van der Waals surface area contributed by atoms with Crippen LogP contribution < -0.4 is 17.2 Å². The number of fused-ring (bicyclic) bond motifs is 1. The first-order valence-electron chi connectivity index (χ1n) is 7.34. The number of nitrogens with two attached hydrogens (primary N) is 3. The summed E-state index contributed by atoms with van der Waals surface area (Å²) in [5, 5.41) is 0.583. The van der Waals surface area contributed by atoms with Crippen molar-refractivity contribution in [2.24, 2.45) is 5.73 Å². The van der Waals surface area contributed by atoms with Gasteiger partial charge in [-0.2, -0.15) is 0 Å². The molecule has 0 saturated heterocycles. The van der Waals surface area contributed by atoms with Gasteiger partial charge in [-0.1, -0.05) is 12.1 Å². The molecular formula is C17H13N5O2S. The van der Waals surface area contributed by atoms with Crippen molar-refractivity contribution < 1.29 is 9.21 Å². The van der Waals surface area contributed by atoms with E-state index < -0.39 is 5.91 Å². The molecule has 6 N–H and O–H groups in total. The van der Waals surface area contributed by atoms with Gasteiger partial charge in [-0.25, -0.2) is 9.97 Å². The molecule has 0 unspecified atom stereocenters. The predicted molar refractivity (Wildman–Crippen MR) is 97.9 cm³/mol. The zero-order valence-electron chi connectivity index (χ0n) is 12.9. The van der Waals surface area contributed by atoms with E-state index in [0.717, 1.165) is 16.9 Å². The van der Waals surface area contributed by atoms with Crippen LogP contribution in [-0.2, 0) is 0 Å². The normalized spacial score (nSPS) is 11.0. The monoisotopic (exact) mass is 351 g/mol. The van der Waals surface area contributed by atoms with Crippen LogP contribution in [0.1, 0.15) is 9.67 Å². The van der Waals surface area contributed by atoms with E-state index in [2.05, 4.69) is 9.97 Å². The molecule has 0 saturated carbocycles. The molecule has 1 aromatic carbocycles. The van der Waals surface area contributed by atoms with Crippen LogP contribution in [0.25, 0.3) is 33.1 Å². The van der Waals surface area contributed by atoms with E-state index in [1.54, 1.807) is 30.5 Å². The third kappa shape index (κ3) is 2.48. The molecule has 1 amide bonds. The largest absolute Gasteiger partial charge is 0.461 e. The van der Waals surface area contributed by atoms with Crippen molar-refractivity contribution in [1.29, 1.82) is 0 Å². The Balaban J connectivity index is 2.08. The Morgan fingerprint density at radius 3 is 2.64 bits per heavy atom. The van der Waals surface area contributed by atoms with E-state index in [1.807, 2.05) is 12.1 Å². The van der Waals surface area contributed by atoms with Gasteiger partial charge in [-0.15, -0.1) is 11.3 Å². The first kappa shape index (κ1) is 15.2. The van der Waals surface area contributed by atoms with Crippen LogP contribution in [0.2, 0.25) is 0 Å². The highest BCUT2D eigenvalue weighted by Gasteiger charge is 2.21. The van der Waals surface area contributed by atoms with E-state index in [4.69, 9.17) is 21.6 Å². The second kappa shape index (κ2) is 5.60. The van der Waals surface area contributed by atoms with Gasteiger partial charge >= 0.3 is 0 Å². The molecule has 3 heterocycles. The van der Waals surface area contributed by atoms with E-state index >= 15 is 0 Å². The summed E-state index contributed by atoms with van der Waals surface area (Å²) in [7, 11) is 0. The number of hydrogen-bond acceptors (Lipinski definition) is 7. The molecule has 4 aromatic rings. The smallest absolute Gasteiger partial charge is 0.260 e. The molecule has 0 aliphatic carbocycles. The first-order valence-corrected chi connectivity index (χ1v) is 8.16. The zero-order chi connectivity index (χ0) is 17.6. The average Bonchev–Trinajstić information content (AvgIpc) is 3.22. The molecule has 0 atom stereocenters. The molecule has 3 aromatic heterocycles. The molecule has 8 heteroatoms. The lowest BCUT2D eigenvalue weighted by molar-refractivity contribution is 0.100. The summed E-state index contributed by atoms with van der Waals surface area (Å²) in [6, 6.07) is 10.8. The molecule has 124 valence electrons. The molecule has 4 rings (SSSR count). The minimum atomic E-state index is -0.599. The Morgan fingerprint density at radius 2 is 1.96 bits per heavy atom. The van der Waals surface area contributed by atoms with Crippen molar-refractivity contribution >= 4 is 38.8 Å². The van der Waals surface area contributed by atoms with Gasteiger partial charge in [0.05, 0.1) is 23.0 Å². The van der Waals surface area contributed by atoms with Crippen LogP contribution in [0.5, 0.6) is 0 Å². The summed E-state index contributed by atoms with van der Waals surface area (Å²) in [5.74, 6) is 0.311. The van der Waals surface area contributed by atoms with Crippen molar-refractivity contribution in [2.45, 2.75) is 0 Å². The van der Waals surface area contributed by atoms with Crippen LogP contribution in [0.15, 0.2) is 47.1 Å². The number of amides is 1. The Morgan fingerprint density at radius 1 is 1.12 bits per heavy atom. The van der Waals surface area contributed by atoms with Gasteiger partial charge in [0.1, 0.15) is 9.71 Å². The van der Waals surface area contributed by atoms with Crippen LogP contribution in [0, 0.1) is 0 Å². The highest BCUT2D eigenvalue weighted by molar-refractivity contribution is 7.21. The fourth-order valence-corrected chi connectivity index (χ4v) is 3.56. The third-order valence-corrected chi connectivity index (χ3v) is 4.83. The third-order valence-electron chi connectivity index (χ3n) is 3.71. The van der Waals surface area contributed by atoms with Gasteiger partial charge in [-0.05, 0) is 24.3 Å². The number of carbonyl (C=O) groups excluding carboxylic acids is 1. The molecule has 0 radical (unpaired) electrons. The Kier molecular flexibility index (Phi) is 3.40. The quantitative estimate of drug-likeness (QED) is 0.486. The molecule has 0 fully saturated rings. The van der Waals surface area contributed by atoms with E-state index in [-0.39, 0.29) is 10.6 Å². The number of hydrogen-bond donors (Lipinski definition) is 3. The lowest BCUT2D eigenvalue weighted by Crippen LogP contribution is -2.10. The number of nitrogens with zero attached hydrogens (tertiary/aromatic N) is 2. The lowest BCUT2D eigenvalue weighted by atomic mass is 10.1. The van der Waals surface area contributed by atoms with Gasteiger partial charge in [-0.3, -0.25) is 4.79 Å². The maximum atomic E-state index is 11.7. The Bertz CT molecular complexity index is 1100. The second-order valence-electron chi connectivity index (χ2n) is 5.39. The van der Waals surface area contributed by atoms with Crippen molar-refractivity contribution in [3.8, 4) is 22.8 Å². The minimum Gasteiger partial charge on any atom is -0.461 e. The topological polar surface area (TPSA) is 134 Å². The number of anilines is 2. The van der Waals surface area contributed by atoms with Crippen LogP contribution in [-0.4, -0.2) is 15.9 Å². The van der Waals surface area contributed by atoms with Crippen LogP contribution >= 0.6 is 11.3 Å². The number of benzene rings is 1. The maximum Gasteiger partial charge on any atom is 0.260 e. The summed E-state index contributed by atoms with van der Waals surface area (Å²) in [4.78, 5) is 21.6. The van der Waals surface area contributed by atoms with Crippen molar-refractivity contribution in [3.05, 3.63) is 47.5 Å². The first-order chi connectivity index (χ1) is 12.0. The Hall–Kier alpha value is -3.39. The average molecular weight is 351 g/mol. The number of primary amides is 1. The van der Waals surface area contributed by atoms with Crippen molar-refractivity contribution in [1.82, 2.24) is 9.97 Å². The zero-order valence-corrected chi connectivity index (χ0v) is 13.7. The summed E-state index contributed by atoms with van der Waals surface area (Å²) in [6.07, 6.45) is 1.54. The van der Waals surface area contributed by atoms with Gasteiger partial charge in [0.25, 0.3) is 5.91 Å². The van der Waals surface area contributed by atoms with Gasteiger partial charge < -0.3 is 21.6 Å². The minimum absolute atomic E-state index is 0.256. The fraction of sp³-hybridized carbons (Fsp3) is 0. The standard InChI is InChI=1S/C17H13N5O2S/c18-9-4-1-3-8(7-9)13-11-12(19)14(15(20)23)25-17(11)22-16(21-13)10-5-2-6-24-10/h1-7H,18-19H2,(H2,20,23). The number of rotatable bonds is 3. The summed E-state index contributed by atoms with van der Waals surface area (Å²) in [6.45, 7) is 0. The number of aromatic nitrogens is 2. The van der Waals surface area contributed by atoms with Gasteiger partial charge in [0.15, 0.2) is 11.6 Å². The van der Waals surface area contributed by atoms with Crippen molar-refractivity contribution in [2.75, 3.05) is 11.5 Å². The molecule has 0 bridgehead atoms. The highest BCUT2D eigenvalue weighted by Crippen LogP contribution is 2.39. The van der Waals surface area contributed by atoms with Crippen LogP contribution in [0.3, 0.4) is 0 Å². The fourth-order valence-electron chi connectivity index (χ4n) is 2.62. The number of thiophene rings is 1. The van der Waals surface area contributed by atoms with E-state index in [0.29, 0.717) is 33.2 Å². The lowest BCUT2D eigenvalue weighted by Gasteiger charge is -2.07. The maximum absolute atomic E-state index is 11.7. The SMILES string of the molecule is NC(=O)c1sc2nc(-c3ccco3)nc(-c3cccc(N)c3)c2c1N. The van der Waals surface area contributed by atoms with Crippen molar-refractivity contribution in [3.63, 3.8) is 0 Å². The molecular weight excluding hydrogens is 338 g/mol. The van der Waals surface area contributed by atoms with E-state index in [9.17, 15) is 4.79 Å². The Labute approximate surface area is 146 Å². The highest BCUT2D eigenvalue weighted by atomic mass is 32.1. The molecule has 25 heavy (non-hydrogen) atoms. The molecule has 0 spiro atoms. The van der Waals surface area contributed by atoms with Crippen LogP contribution in [0.4, 0.5) is 11.4 Å². The summed E-state index contributed by atoms with van der Waals surface area (Å²) < 4.78 is 5.40. The number of furan rings is 1. The second-order valence-corrected chi connectivity index (χ2v) is 6.39. The summed E-state index contributed by atoms with van der Waals surface area (Å²) in [5.41, 5.74) is 19.7. The molecule has 0 aliphatic heterocycles. The van der Waals surface area contributed by atoms with Gasteiger partial charge in [0.2, 0.25) is 0 Å². The predicted octanol–water partition coefficient (Wildman–Crippen LogP) is 2.88. The number of nitrogen functional groups attached to an aromatic ring is 2. The van der Waals surface area contributed by atoms with Gasteiger partial charge in [0, 0.05) is 11.3 Å². The molecule has 7 nitrogen and oxygen atoms in total.